The summed E-state index contributed by atoms with van der Waals surface area (Å²) >= 11 is 6.41. The highest BCUT2D eigenvalue weighted by atomic mass is 35.5. The van der Waals surface area contributed by atoms with E-state index in [1.807, 2.05) is 24.5 Å². The van der Waals surface area contributed by atoms with Crippen molar-refractivity contribution >= 4 is 11.6 Å². The number of aromatic nitrogens is 2. The largest absolute Gasteiger partial charge is 0.454 e. The molecule has 0 amide bonds. The fraction of sp³-hybridized carbons (Fsp3) is 0.471. The lowest BCUT2D eigenvalue weighted by molar-refractivity contribution is 0.173. The number of hydrogen-bond donors (Lipinski definition) is 0. The van der Waals surface area contributed by atoms with E-state index in [4.69, 9.17) is 21.1 Å². The highest BCUT2D eigenvalue weighted by molar-refractivity contribution is 6.31. The van der Waals surface area contributed by atoms with Crippen LogP contribution in [0, 0.1) is 0 Å². The molecule has 1 aromatic carbocycles. The molecule has 2 aliphatic heterocycles. The van der Waals surface area contributed by atoms with Gasteiger partial charge < -0.3 is 14.0 Å². The standard InChI is InChI=1S/C17H20ClN3O2/c1-20-6-4-19-17(20)12-3-2-5-21(9-12)10-13-7-15-16(8-14(13)18)23-11-22-15/h4,6-8,12H,2-3,5,9-11H2,1H3/t12-/m0/s1. The lowest BCUT2D eigenvalue weighted by atomic mass is 9.96. The number of halogens is 1. The average molecular weight is 334 g/mol. The molecule has 0 N–H and O–H groups in total. The predicted octanol–water partition coefficient (Wildman–Crippen LogP) is 3.18. The average Bonchev–Trinajstić information content (AvgIpc) is 3.16. The fourth-order valence-electron chi connectivity index (χ4n) is 3.50. The number of piperidine rings is 1. The Kier molecular flexibility index (Phi) is 3.91. The van der Waals surface area contributed by atoms with Gasteiger partial charge in [0.1, 0.15) is 5.82 Å². The first-order valence-electron chi connectivity index (χ1n) is 7.98. The van der Waals surface area contributed by atoms with Gasteiger partial charge in [-0.05, 0) is 31.0 Å². The molecule has 0 saturated carbocycles. The molecular formula is C17H20ClN3O2. The summed E-state index contributed by atoms with van der Waals surface area (Å²) in [6, 6.07) is 3.87. The Hall–Kier alpha value is -1.72. The molecule has 23 heavy (non-hydrogen) atoms. The molecule has 0 unspecified atom stereocenters. The molecule has 2 aromatic rings. The van der Waals surface area contributed by atoms with E-state index < -0.39 is 0 Å². The number of likely N-dealkylation sites (tertiary alicyclic amines) is 1. The van der Waals surface area contributed by atoms with Crippen molar-refractivity contribution in [2.24, 2.45) is 7.05 Å². The van der Waals surface area contributed by atoms with Crippen molar-refractivity contribution in [3.8, 4) is 11.5 Å². The minimum absolute atomic E-state index is 0.278. The Morgan fingerprint density at radius 2 is 2.13 bits per heavy atom. The predicted molar refractivity (Wildman–Crippen MR) is 88.0 cm³/mol. The van der Waals surface area contributed by atoms with Gasteiger partial charge in [0.05, 0.1) is 0 Å². The number of ether oxygens (including phenoxy) is 2. The molecule has 0 radical (unpaired) electrons. The van der Waals surface area contributed by atoms with E-state index in [9.17, 15) is 0 Å². The van der Waals surface area contributed by atoms with Crippen molar-refractivity contribution in [3.63, 3.8) is 0 Å². The van der Waals surface area contributed by atoms with Crippen LogP contribution in [-0.4, -0.2) is 34.3 Å². The second-order valence-electron chi connectivity index (χ2n) is 6.27. The molecular weight excluding hydrogens is 314 g/mol. The van der Waals surface area contributed by atoms with Crippen LogP contribution in [0.5, 0.6) is 11.5 Å². The molecule has 0 bridgehead atoms. The van der Waals surface area contributed by atoms with Gasteiger partial charge in [0.2, 0.25) is 6.79 Å². The zero-order valence-electron chi connectivity index (χ0n) is 13.2. The molecule has 1 saturated heterocycles. The Bertz CT molecular complexity index is 716. The summed E-state index contributed by atoms with van der Waals surface area (Å²) in [7, 11) is 2.07. The van der Waals surface area contributed by atoms with Gasteiger partial charge in [-0.2, -0.15) is 0 Å². The van der Waals surface area contributed by atoms with Crippen LogP contribution in [0.1, 0.15) is 30.1 Å². The first-order valence-corrected chi connectivity index (χ1v) is 8.36. The number of rotatable bonds is 3. The molecule has 1 atom stereocenters. The molecule has 2 aliphatic rings. The van der Waals surface area contributed by atoms with Gasteiger partial charge in [0.25, 0.3) is 0 Å². The number of benzene rings is 1. The smallest absolute Gasteiger partial charge is 0.231 e. The van der Waals surface area contributed by atoms with Crippen LogP contribution >= 0.6 is 11.6 Å². The maximum atomic E-state index is 6.41. The summed E-state index contributed by atoms with van der Waals surface area (Å²) in [6.45, 7) is 3.21. The van der Waals surface area contributed by atoms with Crippen LogP contribution in [0.15, 0.2) is 24.5 Å². The van der Waals surface area contributed by atoms with Crippen LogP contribution in [0.2, 0.25) is 5.02 Å². The number of fused-ring (bicyclic) bond motifs is 1. The lowest BCUT2D eigenvalue weighted by Crippen LogP contribution is -2.34. The molecule has 0 spiro atoms. The summed E-state index contributed by atoms with van der Waals surface area (Å²) in [5.41, 5.74) is 1.09. The van der Waals surface area contributed by atoms with E-state index >= 15 is 0 Å². The van der Waals surface area contributed by atoms with Crippen molar-refractivity contribution in [1.29, 1.82) is 0 Å². The number of imidazole rings is 1. The van der Waals surface area contributed by atoms with Gasteiger partial charge in [0, 0.05) is 49.5 Å². The van der Waals surface area contributed by atoms with E-state index in [0.717, 1.165) is 41.7 Å². The lowest BCUT2D eigenvalue weighted by Gasteiger charge is -2.32. The zero-order chi connectivity index (χ0) is 15.8. The Morgan fingerprint density at radius 1 is 1.30 bits per heavy atom. The topological polar surface area (TPSA) is 39.5 Å². The van der Waals surface area contributed by atoms with Crippen LogP contribution in [0.25, 0.3) is 0 Å². The quantitative estimate of drug-likeness (QED) is 0.865. The monoisotopic (exact) mass is 333 g/mol. The highest BCUT2D eigenvalue weighted by Crippen LogP contribution is 2.37. The molecule has 5 nitrogen and oxygen atoms in total. The maximum absolute atomic E-state index is 6.41. The van der Waals surface area contributed by atoms with E-state index in [1.54, 1.807) is 0 Å². The van der Waals surface area contributed by atoms with Crippen molar-refractivity contribution in [3.05, 3.63) is 40.9 Å². The molecule has 1 fully saturated rings. The van der Waals surface area contributed by atoms with E-state index in [-0.39, 0.29) is 6.79 Å². The second kappa shape index (κ2) is 6.06. The van der Waals surface area contributed by atoms with E-state index in [1.165, 1.54) is 18.7 Å². The molecule has 3 heterocycles. The Labute approximate surface area is 140 Å². The molecule has 0 aliphatic carbocycles. The third-order valence-electron chi connectivity index (χ3n) is 4.66. The normalized spacial score (nSPS) is 20.9. The van der Waals surface area contributed by atoms with E-state index in [2.05, 4.69) is 21.5 Å². The van der Waals surface area contributed by atoms with Crippen molar-refractivity contribution < 1.29 is 9.47 Å². The van der Waals surface area contributed by atoms with Gasteiger partial charge in [-0.3, -0.25) is 4.90 Å². The van der Waals surface area contributed by atoms with Gasteiger partial charge in [-0.15, -0.1) is 0 Å². The van der Waals surface area contributed by atoms with Crippen LogP contribution in [0.3, 0.4) is 0 Å². The van der Waals surface area contributed by atoms with Crippen molar-refractivity contribution in [2.45, 2.75) is 25.3 Å². The summed E-state index contributed by atoms with van der Waals surface area (Å²) in [4.78, 5) is 6.97. The summed E-state index contributed by atoms with van der Waals surface area (Å²) in [6.07, 6.45) is 6.27. The minimum atomic E-state index is 0.278. The Balaban J connectivity index is 1.50. The van der Waals surface area contributed by atoms with Crippen LogP contribution in [-0.2, 0) is 13.6 Å². The summed E-state index contributed by atoms with van der Waals surface area (Å²) in [5, 5.41) is 0.744. The Morgan fingerprint density at radius 3 is 2.91 bits per heavy atom. The summed E-state index contributed by atoms with van der Waals surface area (Å²) < 4.78 is 13.0. The second-order valence-corrected chi connectivity index (χ2v) is 6.67. The van der Waals surface area contributed by atoms with E-state index in [0.29, 0.717) is 5.92 Å². The fourth-order valence-corrected chi connectivity index (χ4v) is 3.72. The SMILES string of the molecule is Cn1ccnc1[C@H]1CCCN(Cc2cc3c(cc2Cl)OCO3)C1. The molecule has 4 rings (SSSR count). The van der Waals surface area contributed by atoms with Gasteiger partial charge in [0.15, 0.2) is 11.5 Å². The first kappa shape index (κ1) is 14.8. The first-order chi connectivity index (χ1) is 11.2. The van der Waals surface area contributed by atoms with Crippen LogP contribution < -0.4 is 9.47 Å². The third kappa shape index (κ3) is 2.91. The van der Waals surface area contributed by atoms with Crippen molar-refractivity contribution in [1.82, 2.24) is 14.5 Å². The van der Waals surface area contributed by atoms with Gasteiger partial charge >= 0.3 is 0 Å². The van der Waals surface area contributed by atoms with Crippen molar-refractivity contribution in [2.75, 3.05) is 19.9 Å². The number of aryl methyl sites for hydroxylation is 1. The molecule has 6 heteroatoms. The summed E-state index contributed by atoms with van der Waals surface area (Å²) in [5.74, 6) is 3.19. The minimum Gasteiger partial charge on any atom is -0.454 e. The molecule has 1 aromatic heterocycles. The maximum Gasteiger partial charge on any atom is 0.231 e. The highest BCUT2D eigenvalue weighted by Gasteiger charge is 2.25. The van der Waals surface area contributed by atoms with Gasteiger partial charge in [-0.1, -0.05) is 11.6 Å². The zero-order valence-corrected chi connectivity index (χ0v) is 13.9. The number of hydrogen-bond acceptors (Lipinski definition) is 4. The van der Waals surface area contributed by atoms with Crippen LogP contribution in [0.4, 0.5) is 0 Å². The molecule has 122 valence electrons. The third-order valence-corrected chi connectivity index (χ3v) is 5.02. The van der Waals surface area contributed by atoms with Gasteiger partial charge in [-0.25, -0.2) is 4.98 Å². The number of nitrogens with zero attached hydrogens (tertiary/aromatic N) is 3.